The van der Waals surface area contributed by atoms with E-state index >= 15 is 0 Å². The lowest BCUT2D eigenvalue weighted by Gasteiger charge is -2.11. The van der Waals surface area contributed by atoms with Crippen molar-refractivity contribution in [1.29, 1.82) is 0 Å². The molecule has 0 aliphatic carbocycles. The normalized spacial score (nSPS) is 11.1. The monoisotopic (exact) mass is 453 g/mol. The molecule has 0 radical (unpaired) electrons. The van der Waals surface area contributed by atoms with Crippen LogP contribution in [0.4, 0.5) is 0 Å². The van der Waals surface area contributed by atoms with Crippen molar-refractivity contribution in [2.75, 3.05) is 13.7 Å². The molecule has 0 aliphatic heterocycles. The molecule has 0 atom stereocenters. The number of nitrogens with zero attached hydrogens (tertiary/aromatic N) is 2. The number of pyridine rings is 2. The molecule has 4 rings (SSSR count). The molecule has 1 N–H and O–H groups in total. The van der Waals surface area contributed by atoms with Gasteiger partial charge in [0.25, 0.3) is 0 Å². The fourth-order valence-corrected chi connectivity index (χ4v) is 3.99. The molecule has 142 valence electrons. The van der Waals surface area contributed by atoms with Gasteiger partial charge >= 0.3 is 0 Å². The molecule has 0 bridgehead atoms. The number of aromatic nitrogens is 2. The van der Waals surface area contributed by atoms with Gasteiger partial charge in [0.15, 0.2) is 5.65 Å². The third-order valence-electron chi connectivity index (χ3n) is 4.55. The van der Waals surface area contributed by atoms with E-state index in [0.29, 0.717) is 11.5 Å². The maximum absolute atomic E-state index is 5.25. The number of nitrogens with one attached hydrogen (secondary N) is 1. The molecule has 0 spiro atoms. The lowest BCUT2D eigenvalue weighted by atomic mass is 10.1. The molecule has 3 heterocycles. The van der Waals surface area contributed by atoms with Gasteiger partial charge in [-0.05, 0) is 59.8 Å². The Morgan fingerprint density at radius 3 is 2.68 bits per heavy atom. The zero-order valence-electron chi connectivity index (χ0n) is 15.5. The second-order valence-electron chi connectivity index (χ2n) is 6.46. The van der Waals surface area contributed by atoms with Gasteiger partial charge in [0, 0.05) is 33.4 Å². The van der Waals surface area contributed by atoms with Crippen molar-refractivity contribution in [3.8, 4) is 17.1 Å². The third-order valence-corrected chi connectivity index (χ3v) is 5.77. The van der Waals surface area contributed by atoms with Crippen molar-refractivity contribution in [2.24, 2.45) is 0 Å². The molecule has 0 unspecified atom stereocenters. The van der Waals surface area contributed by atoms with E-state index in [-0.39, 0.29) is 0 Å². The summed E-state index contributed by atoms with van der Waals surface area (Å²) in [5.41, 5.74) is 5.31. The highest BCUT2D eigenvalue weighted by Gasteiger charge is 2.11. The molecule has 4 nitrogen and oxygen atoms in total. The summed E-state index contributed by atoms with van der Waals surface area (Å²) >= 11 is 5.15. The van der Waals surface area contributed by atoms with Crippen molar-refractivity contribution in [3.05, 3.63) is 74.9 Å². The second-order valence-corrected chi connectivity index (χ2v) is 8.16. The lowest BCUT2D eigenvalue weighted by Crippen LogP contribution is -2.17. The second kappa shape index (κ2) is 8.82. The Morgan fingerprint density at radius 1 is 1.07 bits per heavy atom. The van der Waals surface area contributed by atoms with Crippen LogP contribution in [-0.2, 0) is 13.0 Å². The van der Waals surface area contributed by atoms with E-state index in [4.69, 9.17) is 9.72 Å². The van der Waals surface area contributed by atoms with Gasteiger partial charge in [-0.3, -0.25) is 0 Å². The van der Waals surface area contributed by atoms with Gasteiger partial charge in [-0.2, -0.15) is 16.3 Å². The first-order valence-electron chi connectivity index (χ1n) is 9.05. The largest absolute Gasteiger partial charge is 0.481 e. The molecule has 0 fully saturated rings. The Kier molecular flexibility index (Phi) is 6.00. The summed E-state index contributed by atoms with van der Waals surface area (Å²) in [6.45, 7) is 1.67. The van der Waals surface area contributed by atoms with Crippen LogP contribution in [0.25, 0.3) is 22.3 Å². The Morgan fingerprint density at radius 2 is 1.93 bits per heavy atom. The van der Waals surface area contributed by atoms with E-state index in [9.17, 15) is 0 Å². The Labute approximate surface area is 176 Å². The van der Waals surface area contributed by atoms with Gasteiger partial charge in [-0.25, -0.2) is 4.98 Å². The van der Waals surface area contributed by atoms with E-state index in [1.165, 1.54) is 11.1 Å². The van der Waals surface area contributed by atoms with Gasteiger partial charge in [-0.1, -0.05) is 28.1 Å². The number of ether oxygens (including phenoxy) is 1. The molecule has 0 amide bonds. The van der Waals surface area contributed by atoms with Crippen molar-refractivity contribution in [2.45, 2.75) is 13.0 Å². The highest BCUT2D eigenvalue weighted by atomic mass is 79.9. The first kappa shape index (κ1) is 19.1. The Balaban J connectivity index is 1.54. The number of methoxy groups -OCH3 is 1. The predicted molar refractivity (Wildman–Crippen MR) is 119 cm³/mol. The van der Waals surface area contributed by atoms with E-state index < -0.39 is 0 Å². The van der Waals surface area contributed by atoms with Gasteiger partial charge in [0.05, 0.1) is 12.8 Å². The lowest BCUT2D eigenvalue weighted by molar-refractivity contribution is 0.399. The van der Waals surface area contributed by atoms with Crippen molar-refractivity contribution in [1.82, 2.24) is 15.3 Å². The van der Waals surface area contributed by atoms with Crippen LogP contribution in [0.2, 0.25) is 0 Å². The molecule has 0 saturated heterocycles. The maximum atomic E-state index is 5.25. The summed E-state index contributed by atoms with van der Waals surface area (Å²) in [7, 11) is 1.62. The Bertz CT molecular complexity index is 1070. The van der Waals surface area contributed by atoms with Crippen LogP contribution in [-0.4, -0.2) is 23.6 Å². The van der Waals surface area contributed by atoms with Crippen LogP contribution in [0.5, 0.6) is 5.88 Å². The Hall–Kier alpha value is -2.28. The van der Waals surface area contributed by atoms with Crippen LogP contribution < -0.4 is 10.1 Å². The van der Waals surface area contributed by atoms with E-state index in [2.05, 4.69) is 73.4 Å². The average Bonchev–Trinajstić information content (AvgIpc) is 3.26. The standard InChI is InChI=1S/C22H20BrN3OS/c1-27-20-7-4-16-12-18(13-24-10-8-15-2-5-19(23)6-3-15)21(26-22(16)25-20)17-9-11-28-14-17/h2-7,9,11-12,14,24H,8,10,13H2,1H3. The summed E-state index contributed by atoms with van der Waals surface area (Å²) in [5.74, 6) is 0.580. The quantitative estimate of drug-likeness (QED) is 0.377. The third kappa shape index (κ3) is 4.41. The average molecular weight is 454 g/mol. The van der Waals surface area contributed by atoms with Gasteiger partial charge < -0.3 is 10.1 Å². The van der Waals surface area contributed by atoms with E-state index in [0.717, 1.165) is 40.6 Å². The smallest absolute Gasteiger partial charge is 0.215 e. The highest BCUT2D eigenvalue weighted by Crippen LogP contribution is 2.27. The maximum Gasteiger partial charge on any atom is 0.215 e. The molecule has 0 aliphatic rings. The number of halogens is 1. The summed E-state index contributed by atoms with van der Waals surface area (Å²) in [4.78, 5) is 9.34. The van der Waals surface area contributed by atoms with Crippen molar-refractivity contribution in [3.63, 3.8) is 0 Å². The molecule has 3 aromatic heterocycles. The minimum Gasteiger partial charge on any atom is -0.481 e. The van der Waals surface area contributed by atoms with Gasteiger partial charge in [0.1, 0.15) is 0 Å². The van der Waals surface area contributed by atoms with Crippen LogP contribution in [0.15, 0.2) is 63.8 Å². The zero-order chi connectivity index (χ0) is 19.3. The number of fused-ring (bicyclic) bond motifs is 1. The molecule has 1 aromatic carbocycles. The topological polar surface area (TPSA) is 47.0 Å². The SMILES string of the molecule is COc1ccc2cc(CNCCc3ccc(Br)cc3)c(-c3ccsc3)nc2n1. The zero-order valence-corrected chi connectivity index (χ0v) is 17.9. The van der Waals surface area contributed by atoms with Crippen molar-refractivity contribution < 1.29 is 4.74 Å². The van der Waals surface area contributed by atoms with Crippen LogP contribution in [0.3, 0.4) is 0 Å². The predicted octanol–water partition coefficient (Wildman–Crippen LogP) is 5.46. The molecular weight excluding hydrogens is 434 g/mol. The van der Waals surface area contributed by atoms with Gasteiger partial charge in [-0.15, -0.1) is 0 Å². The first-order chi connectivity index (χ1) is 13.7. The van der Waals surface area contributed by atoms with Crippen molar-refractivity contribution >= 4 is 38.3 Å². The number of thiophene rings is 1. The van der Waals surface area contributed by atoms with Crippen LogP contribution >= 0.6 is 27.3 Å². The fraction of sp³-hybridized carbons (Fsp3) is 0.182. The summed E-state index contributed by atoms with van der Waals surface area (Å²) in [6, 6.07) is 16.6. The summed E-state index contributed by atoms with van der Waals surface area (Å²) < 4.78 is 6.36. The van der Waals surface area contributed by atoms with E-state index in [1.807, 2.05) is 12.1 Å². The fourth-order valence-electron chi connectivity index (χ4n) is 3.08. The highest BCUT2D eigenvalue weighted by molar-refractivity contribution is 9.10. The number of rotatable bonds is 7. The van der Waals surface area contributed by atoms with Crippen LogP contribution in [0, 0.1) is 0 Å². The van der Waals surface area contributed by atoms with E-state index in [1.54, 1.807) is 18.4 Å². The molecule has 6 heteroatoms. The summed E-state index contributed by atoms with van der Waals surface area (Å²) in [6.07, 6.45) is 0.987. The molecule has 0 saturated carbocycles. The summed E-state index contributed by atoms with van der Waals surface area (Å²) in [5, 5.41) is 8.78. The number of benzene rings is 1. The van der Waals surface area contributed by atoms with Gasteiger partial charge in [0.2, 0.25) is 5.88 Å². The molecular formula is C22H20BrN3OS. The first-order valence-corrected chi connectivity index (χ1v) is 10.8. The molecule has 4 aromatic rings. The number of hydrogen-bond donors (Lipinski definition) is 1. The molecule has 28 heavy (non-hydrogen) atoms. The number of hydrogen-bond acceptors (Lipinski definition) is 5. The minimum atomic E-state index is 0.580. The minimum absolute atomic E-state index is 0.580. The van der Waals surface area contributed by atoms with Crippen LogP contribution in [0.1, 0.15) is 11.1 Å².